The van der Waals surface area contributed by atoms with E-state index in [9.17, 15) is 0 Å². The lowest BCUT2D eigenvalue weighted by molar-refractivity contribution is 0.339. The maximum atomic E-state index is 6.18. The van der Waals surface area contributed by atoms with Crippen molar-refractivity contribution in [2.45, 2.75) is 19.4 Å². The molecule has 0 heterocycles. The van der Waals surface area contributed by atoms with Crippen LogP contribution in [0.4, 0.5) is 0 Å². The molecular weight excluding hydrogens is 255 g/mol. The third-order valence-electron chi connectivity index (χ3n) is 2.56. The van der Waals surface area contributed by atoms with Crippen LogP contribution in [0.15, 0.2) is 18.2 Å². The van der Waals surface area contributed by atoms with Gasteiger partial charge in [0.25, 0.3) is 0 Å². The normalized spacial score (nSPS) is 13.1. The van der Waals surface area contributed by atoms with Crippen LogP contribution in [-0.2, 0) is 6.42 Å². The molecule has 0 aliphatic carbocycles. The van der Waals surface area contributed by atoms with Crippen LogP contribution in [0, 0.1) is 0 Å². The summed E-state index contributed by atoms with van der Waals surface area (Å²) < 4.78 is 0. The van der Waals surface area contributed by atoms with Crippen molar-refractivity contribution in [3.8, 4) is 0 Å². The standard InChI is InChI=1S/C13H20Cl2N2/c1-4-16-12(9-17(2)3)7-10-5-6-11(14)8-13(10)15/h5-6,8,12,16H,4,7,9H2,1-3H3. The molecule has 1 aromatic rings. The maximum Gasteiger partial charge on any atom is 0.0453 e. The van der Waals surface area contributed by atoms with Crippen LogP contribution in [0.1, 0.15) is 12.5 Å². The molecule has 0 fully saturated rings. The van der Waals surface area contributed by atoms with Crippen LogP contribution >= 0.6 is 23.2 Å². The Kier molecular flexibility index (Phi) is 6.28. The summed E-state index contributed by atoms with van der Waals surface area (Å²) in [5.41, 5.74) is 1.14. The highest BCUT2D eigenvalue weighted by Gasteiger charge is 2.11. The van der Waals surface area contributed by atoms with Crippen LogP contribution in [0.3, 0.4) is 0 Å². The molecule has 0 radical (unpaired) electrons. The Morgan fingerprint density at radius 1 is 1.29 bits per heavy atom. The van der Waals surface area contributed by atoms with Crippen LogP contribution in [0.5, 0.6) is 0 Å². The lowest BCUT2D eigenvalue weighted by Crippen LogP contribution is -2.39. The Hall–Kier alpha value is -0.280. The molecule has 96 valence electrons. The first-order valence-electron chi connectivity index (χ1n) is 5.85. The summed E-state index contributed by atoms with van der Waals surface area (Å²) in [5.74, 6) is 0. The van der Waals surface area contributed by atoms with Gasteiger partial charge in [-0.25, -0.2) is 0 Å². The van der Waals surface area contributed by atoms with Crippen molar-refractivity contribution < 1.29 is 0 Å². The fourth-order valence-electron chi connectivity index (χ4n) is 1.88. The third-order valence-corrected chi connectivity index (χ3v) is 3.15. The molecule has 17 heavy (non-hydrogen) atoms. The van der Waals surface area contributed by atoms with Gasteiger partial charge in [0.15, 0.2) is 0 Å². The minimum atomic E-state index is 0.411. The number of hydrogen-bond donors (Lipinski definition) is 1. The van der Waals surface area contributed by atoms with Crippen molar-refractivity contribution in [2.75, 3.05) is 27.2 Å². The number of rotatable bonds is 6. The summed E-state index contributed by atoms with van der Waals surface area (Å²) in [6, 6.07) is 6.11. The van der Waals surface area contributed by atoms with Crippen molar-refractivity contribution in [1.82, 2.24) is 10.2 Å². The largest absolute Gasteiger partial charge is 0.313 e. The Bertz CT molecular complexity index is 353. The fourth-order valence-corrected chi connectivity index (χ4v) is 2.37. The van der Waals surface area contributed by atoms with Crippen molar-refractivity contribution in [3.05, 3.63) is 33.8 Å². The zero-order valence-corrected chi connectivity index (χ0v) is 12.1. The van der Waals surface area contributed by atoms with Gasteiger partial charge in [0.1, 0.15) is 0 Å². The molecule has 0 spiro atoms. The van der Waals surface area contributed by atoms with E-state index in [4.69, 9.17) is 23.2 Å². The van der Waals surface area contributed by atoms with Crippen molar-refractivity contribution in [2.24, 2.45) is 0 Å². The molecule has 0 amide bonds. The van der Waals surface area contributed by atoms with Gasteiger partial charge in [0, 0.05) is 22.6 Å². The second-order valence-electron chi connectivity index (χ2n) is 4.46. The van der Waals surface area contributed by atoms with Gasteiger partial charge < -0.3 is 10.2 Å². The van der Waals surface area contributed by atoms with E-state index in [1.54, 1.807) is 6.07 Å². The van der Waals surface area contributed by atoms with Gasteiger partial charge in [0.2, 0.25) is 0 Å². The van der Waals surface area contributed by atoms with Gasteiger partial charge in [-0.2, -0.15) is 0 Å². The molecule has 1 rings (SSSR count). The van der Waals surface area contributed by atoms with Gasteiger partial charge in [-0.15, -0.1) is 0 Å². The Morgan fingerprint density at radius 3 is 2.53 bits per heavy atom. The smallest absolute Gasteiger partial charge is 0.0453 e. The quantitative estimate of drug-likeness (QED) is 0.858. The summed E-state index contributed by atoms with van der Waals surface area (Å²) >= 11 is 12.1. The van der Waals surface area contributed by atoms with Crippen molar-refractivity contribution >= 4 is 23.2 Å². The van der Waals surface area contributed by atoms with Gasteiger partial charge >= 0.3 is 0 Å². The molecule has 0 saturated carbocycles. The molecule has 1 atom stereocenters. The van der Waals surface area contributed by atoms with E-state index in [-0.39, 0.29) is 0 Å². The Labute approximate surface area is 114 Å². The van der Waals surface area contributed by atoms with E-state index >= 15 is 0 Å². The van der Waals surface area contributed by atoms with Crippen LogP contribution in [0.2, 0.25) is 10.0 Å². The summed E-state index contributed by atoms with van der Waals surface area (Å²) in [7, 11) is 4.15. The lowest BCUT2D eigenvalue weighted by atomic mass is 10.1. The SMILES string of the molecule is CCNC(Cc1ccc(Cl)cc1Cl)CN(C)C. The third kappa shape index (κ3) is 5.26. The van der Waals surface area contributed by atoms with Crippen LogP contribution in [0.25, 0.3) is 0 Å². The van der Waals surface area contributed by atoms with E-state index in [0.717, 1.165) is 30.1 Å². The molecule has 0 aliphatic heterocycles. The first-order valence-corrected chi connectivity index (χ1v) is 6.60. The number of likely N-dealkylation sites (N-methyl/N-ethyl adjacent to an activating group) is 2. The topological polar surface area (TPSA) is 15.3 Å². The van der Waals surface area contributed by atoms with Crippen LogP contribution < -0.4 is 5.32 Å². The van der Waals surface area contributed by atoms with Crippen molar-refractivity contribution in [3.63, 3.8) is 0 Å². The van der Waals surface area contributed by atoms with Gasteiger partial charge in [-0.05, 0) is 44.8 Å². The van der Waals surface area contributed by atoms with Crippen LogP contribution in [-0.4, -0.2) is 38.1 Å². The average molecular weight is 275 g/mol. The van der Waals surface area contributed by atoms with E-state index in [0.29, 0.717) is 11.1 Å². The molecular formula is C13H20Cl2N2. The number of nitrogens with one attached hydrogen (secondary N) is 1. The molecule has 0 aromatic heterocycles. The monoisotopic (exact) mass is 274 g/mol. The number of halogens is 2. The molecule has 1 aromatic carbocycles. The summed E-state index contributed by atoms with van der Waals surface area (Å²) in [6.07, 6.45) is 0.919. The van der Waals surface area contributed by atoms with E-state index in [1.165, 1.54) is 0 Å². The number of nitrogens with zero attached hydrogens (tertiary/aromatic N) is 1. The molecule has 0 bridgehead atoms. The average Bonchev–Trinajstić information content (AvgIpc) is 2.21. The summed E-state index contributed by atoms with van der Waals surface area (Å²) in [5, 5.41) is 4.91. The summed E-state index contributed by atoms with van der Waals surface area (Å²) in [6.45, 7) is 4.07. The van der Waals surface area contributed by atoms with E-state index in [1.807, 2.05) is 12.1 Å². The summed E-state index contributed by atoms with van der Waals surface area (Å²) in [4.78, 5) is 2.18. The molecule has 1 N–H and O–H groups in total. The maximum absolute atomic E-state index is 6.18. The zero-order chi connectivity index (χ0) is 12.8. The second-order valence-corrected chi connectivity index (χ2v) is 5.30. The highest BCUT2D eigenvalue weighted by atomic mass is 35.5. The molecule has 0 aliphatic rings. The van der Waals surface area contributed by atoms with E-state index in [2.05, 4.69) is 31.2 Å². The first kappa shape index (κ1) is 14.8. The predicted molar refractivity (Wildman–Crippen MR) is 76.2 cm³/mol. The minimum Gasteiger partial charge on any atom is -0.313 e. The first-order chi connectivity index (χ1) is 8.02. The highest BCUT2D eigenvalue weighted by molar-refractivity contribution is 6.35. The number of hydrogen-bond acceptors (Lipinski definition) is 2. The minimum absolute atomic E-state index is 0.411. The molecule has 2 nitrogen and oxygen atoms in total. The lowest BCUT2D eigenvalue weighted by Gasteiger charge is -2.22. The Balaban J connectivity index is 2.71. The predicted octanol–water partition coefficient (Wildman–Crippen LogP) is 3.08. The van der Waals surface area contributed by atoms with Gasteiger partial charge in [-0.3, -0.25) is 0 Å². The van der Waals surface area contributed by atoms with Crippen molar-refractivity contribution in [1.29, 1.82) is 0 Å². The van der Waals surface area contributed by atoms with E-state index < -0.39 is 0 Å². The second kappa shape index (κ2) is 7.22. The zero-order valence-electron chi connectivity index (χ0n) is 10.6. The number of benzene rings is 1. The van der Waals surface area contributed by atoms with Gasteiger partial charge in [-0.1, -0.05) is 36.2 Å². The molecule has 4 heteroatoms. The molecule has 0 saturated heterocycles. The highest BCUT2D eigenvalue weighted by Crippen LogP contribution is 2.22. The van der Waals surface area contributed by atoms with Gasteiger partial charge in [0.05, 0.1) is 0 Å². The molecule has 1 unspecified atom stereocenters. The Morgan fingerprint density at radius 2 is 2.00 bits per heavy atom. The fraction of sp³-hybridized carbons (Fsp3) is 0.538.